The summed E-state index contributed by atoms with van der Waals surface area (Å²) in [6.45, 7) is 7.30. The number of amides is 1. The summed E-state index contributed by atoms with van der Waals surface area (Å²) in [5, 5.41) is 3.41. The Balaban J connectivity index is 1.77. The first-order chi connectivity index (χ1) is 9.65. The minimum Gasteiger partial charge on any atom is -0.385 e. The smallest absolute Gasteiger partial charge is 0.222 e. The normalized spacial score (nSPS) is 14.8. The summed E-state index contributed by atoms with van der Waals surface area (Å²) in [5.41, 5.74) is 2.40. The molecule has 1 saturated heterocycles. The Hall–Kier alpha value is -1.51. The van der Waals surface area contributed by atoms with Gasteiger partial charge in [0.2, 0.25) is 5.91 Å². The van der Waals surface area contributed by atoms with Gasteiger partial charge in [-0.3, -0.25) is 4.79 Å². The zero-order valence-corrected chi connectivity index (χ0v) is 12.7. The van der Waals surface area contributed by atoms with E-state index in [4.69, 9.17) is 0 Å². The third-order valence-electron chi connectivity index (χ3n) is 3.75. The molecule has 0 saturated carbocycles. The Bertz CT molecular complexity index is 419. The summed E-state index contributed by atoms with van der Waals surface area (Å²) in [6, 6.07) is 8.47. The molecule has 110 valence electrons. The third kappa shape index (κ3) is 4.55. The fraction of sp³-hybridized carbons (Fsp3) is 0.588. The van der Waals surface area contributed by atoms with Gasteiger partial charge in [-0.25, -0.2) is 0 Å². The summed E-state index contributed by atoms with van der Waals surface area (Å²) in [6.07, 6.45) is 3.82. The minimum atomic E-state index is 0.310. The second kappa shape index (κ2) is 7.32. The van der Waals surface area contributed by atoms with Crippen LogP contribution in [0.4, 0.5) is 5.69 Å². The second-order valence-corrected chi connectivity index (χ2v) is 6.06. The lowest BCUT2D eigenvalue weighted by Crippen LogP contribution is -2.27. The average Bonchev–Trinajstić information content (AvgIpc) is 2.98. The van der Waals surface area contributed by atoms with E-state index in [1.165, 1.54) is 18.4 Å². The van der Waals surface area contributed by atoms with Crippen LogP contribution in [0.25, 0.3) is 0 Å². The van der Waals surface area contributed by atoms with Gasteiger partial charge in [0.1, 0.15) is 0 Å². The summed E-state index contributed by atoms with van der Waals surface area (Å²) in [7, 11) is 0. The summed E-state index contributed by atoms with van der Waals surface area (Å²) in [5.74, 6) is 0.956. The van der Waals surface area contributed by atoms with E-state index in [0.29, 0.717) is 18.2 Å². The van der Waals surface area contributed by atoms with Gasteiger partial charge in [-0.05, 0) is 42.9 Å². The van der Waals surface area contributed by atoms with Crippen molar-refractivity contribution >= 4 is 11.6 Å². The summed E-state index contributed by atoms with van der Waals surface area (Å²) in [4.78, 5) is 14.0. The van der Waals surface area contributed by atoms with Crippen LogP contribution in [-0.4, -0.2) is 30.4 Å². The number of carbonyl (C=O) groups is 1. The number of carbonyl (C=O) groups excluding carboxylic acids is 1. The molecular weight excluding hydrogens is 248 g/mol. The lowest BCUT2D eigenvalue weighted by molar-refractivity contribution is -0.130. The molecule has 1 aliphatic heterocycles. The molecule has 1 N–H and O–H groups in total. The largest absolute Gasteiger partial charge is 0.385 e. The zero-order valence-electron chi connectivity index (χ0n) is 12.7. The number of anilines is 1. The summed E-state index contributed by atoms with van der Waals surface area (Å²) < 4.78 is 0. The lowest BCUT2D eigenvalue weighted by Gasteiger charge is -2.15. The van der Waals surface area contributed by atoms with Crippen LogP contribution >= 0.6 is 0 Å². The number of hydrogen-bond acceptors (Lipinski definition) is 2. The number of nitrogens with zero attached hydrogens (tertiary/aromatic N) is 1. The van der Waals surface area contributed by atoms with Crippen molar-refractivity contribution in [3.05, 3.63) is 29.8 Å². The highest BCUT2D eigenvalue weighted by molar-refractivity contribution is 5.76. The number of hydrogen-bond donors (Lipinski definition) is 1. The van der Waals surface area contributed by atoms with E-state index >= 15 is 0 Å². The van der Waals surface area contributed by atoms with E-state index in [-0.39, 0.29) is 0 Å². The number of nitrogens with one attached hydrogen (secondary N) is 1. The first-order valence-electron chi connectivity index (χ1n) is 7.76. The van der Waals surface area contributed by atoms with E-state index in [1.807, 2.05) is 4.90 Å². The Morgan fingerprint density at radius 3 is 2.45 bits per heavy atom. The van der Waals surface area contributed by atoms with Gasteiger partial charge >= 0.3 is 0 Å². The SMILES string of the molecule is CC(C)CNc1ccc(CCC(=O)N2CCCC2)cc1. The van der Waals surface area contributed by atoms with E-state index in [9.17, 15) is 4.79 Å². The average molecular weight is 274 g/mol. The molecule has 2 rings (SSSR count). The molecule has 0 aromatic heterocycles. The Kier molecular flexibility index (Phi) is 5.45. The van der Waals surface area contributed by atoms with Crippen molar-refractivity contribution in [2.45, 2.75) is 39.5 Å². The van der Waals surface area contributed by atoms with Crippen LogP contribution in [0.2, 0.25) is 0 Å². The molecule has 1 heterocycles. The quantitative estimate of drug-likeness (QED) is 0.863. The number of aryl methyl sites for hydroxylation is 1. The second-order valence-electron chi connectivity index (χ2n) is 6.06. The highest BCUT2D eigenvalue weighted by Crippen LogP contribution is 2.14. The molecule has 0 bridgehead atoms. The molecule has 0 spiro atoms. The van der Waals surface area contributed by atoms with Crippen LogP contribution in [0.3, 0.4) is 0 Å². The van der Waals surface area contributed by atoms with Crippen LogP contribution in [0, 0.1) is 5.92 Å². The summed E-state index contributed by atoms with van der Waals surface area (Å²) >= 11 is 0. The van der Waals surface area contributed by atoms with Gasteiger partial charge < -0.3 is 10.2 Å². The molecule has 0 radical (unpaired) electrons. The maximum atomic E-state index is 12.0. The van der Waals surface area contributed by atoms with Crippen LogP contribution in [0.1, 0.15) is 38.7 Å². The van der Waals surface area contributed by atoms with Crippen molar-refractivity contribution in [3.63, 3.8) is 0 Å². The van der Waals surface area contributed by atoms with Crippen molar-refractivity contribution in [1.82, 2.24) is 4.90 Å². The van der Waals surface area contributed by atoms with Crippen molar-refractivity contribution in [1.29, 1.82) is 0 Å². The van der Waals surface area contributed by atoms with Crippen LogP contribution < -0.4 is 5.32 Å². The predicted octanol–water partition coefficient (Wildman–Crippen LogP) is 3.31. The van der Waals surface area contributed by atoms with Crippen molar-refractivity contribution in [3.8, 4) is 0 Å². The highest BCUT2D eigenvalue weighted by Gasteiger charge is 2.17. The molecule has 1 aliphatic rings. The van der Waals surface area contributed by atoms with Crippen molar-refractivity contribution < 1.29 is 4.79 Å². The Labute approximate surface area is 122 Å². The molecule has 20 heavy (non-hydrogen) atoms. The van der Waals surface area contributed by atoms with E-state index in [2.05, 4.69) is 43.4 Å². The molecule has 0 atom stereocenters. The van der Waals surface area contributed by atoms with Crippen LogP contribution in [0.15, 0.2) is 24.3 Å². The molecule has 1 aromatic rings. The molecule has 1 aromatic carbocycles. The van der Waals surface area contributed by atoms with E-state index in [0.717, 1.165) is 31.7 Å². The zero-order chi connectivity index (χ0) is 14.4. The van der Waals surface area contributed by atoms with E-state index in [1.54, 1.807) is 0 Å². The van der Waals surface area contributed by atoms with Gasteiger partial charge in [0.15, 0.2) is 0 Å². The maximum absolute atomic E-state index is 12.0. The topological polar surface area (TPSA) is 32.3 Å². The van der Waals surface area contributed by atoms with Gasteiger partial charge in [0.05, 0.1) is 0 Å². The molecule has 3 nitrogen and oxygen atoms in total. The molecule has 3 heteroatoms. The Morgan fingerprint density at radius 2 is 1.85 bits per heavy atom. The maximum Gasteiger partial charge on any atom is 0.222 e. The molecular formula is C17H26N2O. The van der Waals surface area contributed by atoms with Crippen molar-refractivity contribution in [2.24, 2.45) is 5.92 Å². The highest BCUT2D eigenvalue weighted by atomic mass is 16.2. The fourth-order valence-electron chi connectivity index (χ4n) is 2.49. The minimum absolute atomic E-state index is 0.310. The van der Waals surface area contributed by atoms with Crippen LogP contribution in [0.5, 0.6) is 0 Å². The van der Waals surface area contributed by atoms with Gasteiger partial charge in [0.25, 0.3) is 0 Å². The van der Waals surface area contributed by atoms with E-state index < -0.39 is 0 Å². The monoisotopic (exact) mass is 274 g/mol. The first kappa shape index (κ1) is 14.9. The molecule has 0 unspecified atom stereocenters. The molecule has 1 amide bonds. The van der Waals surface area contributed by atoms with Gasteiger partial charge in [0, 0.05) is 31.7 Å². The number of likely N-dealkylation sites (tertiary alicyclic amines) is 1. The molecule has 0 aliphatic carbocycles. The number of rotatable bonds is 6. The standard InChI is InChI=1S/C17H26N2O/c1-14(2)13-18-16-8-5-15(6-9-16)7-10-17(20)19-11-3-4-12-19/h5-6,8-9,14,18H,3-4,7,10-13H2,1-2H3. The van der Waals surface area contributed by atoms with Gasteiger partial charge in [-0.1, -0.05) is 26.0 Å². The van der Waals surface area contributed by atoms with Crippen molar-refractivity contribution in [2.75, 3.05) is 25.0 Å². The first-order valence-corrected chi connectivity index (χ1v) is 7.76. The fourth-order valence-corrected chi connectivity index (χ4v) is 2.49. The lowest BCUT2D eigenvalue weighted by atomic mass is 10.1. The van der Waals surface area contributed by atoms with Gasteiger partial charge in [-0.2, -0.15) is 0 Å². The number of benzene rings is 1. The molecule has 1 fully saturated rings. The predicted molar refractivity (Wildman–Crippen MR) is 83.9 cm³/mol. The van der Waals surface area contributed by atoms with Crippen LogP contribution in [-0.2, 0) is 11.2 Å². The third-order valence-corrected chi connectivity index (χ3v) is 3.75. The Morgan fingerprint density at radius 1 is 1.20 bits per heavy atom. The van der Waals surface area contributed by atoms with Gasteiger partial charge in [-0.15, -0.1) is 0 Å².